The van der Waals surface area contributed by atoms with E-state index in [0.29, 0.717) is 17.2 Å². The minimum atomic E-state index is -0.0569. The summed E-state index contributed by atoms with van der Waals surface area (Å²) in [5.74, 6) is 1.16. The smallest absolute Gasteiger partial charge is 0.147 e. The fourth-order valence-electron chi connectivity index (χ4n) is 3.01. The zero-order chi connectivity index (χ0) is 13.8. The molecule has 2 bridgehead atoms. The first-order valence-corrected chi connectivity index (χ1v) is 7.92. The molecule has 0 saturated carbocycles. The van der Waals surface area contributed by atoms with Crippen LogP contribution < -0.4 is 0 Å². The van der Waals surface area contributed by atoms with Crippen molar-refractivity contribution in [2.24, 2.45) is 0 Å². The van der Waals surface area contributed by atoms with E-state index in [1.54, 1.807) is 0 Å². The molecule has 0 spiro atoms. The molecule has 1 aromatic rings. The molecule has 3 nitrogen and oxygen atoms in total. The standard InChI is InChI=1S/C14H18BrClN2O/c1-14(2,3)11-10(15)12(16)18-13(17-11)8-6-7-4-5-9(8)19-7/h7-9H,4-6H2,1-3H3. The molecule has 19 heavy (non-hydrogen) atoms. The van der Waals surface area contributed by atoms with Crippen molar-refractivity contribution in [3.05, 3.63) is 21.1 Å². The van der Waals surface area contributed by atoms with Crippen molar-refractivity contribution in [3.8, 4) is 0 Å². The Bertz CT molecular complexity index is 515. The Hall–Kier alpha value is -0.190. The Morgan fingerprint density at radius 2 is 2.00 bits per heavy atom. The number of hydrogen-bond acceptors (Lipinski definition) is 3. The number of nitrogens with zero attached hydrogens (tertiary/aromatic N) is 2. The van der Waals surface area contributed by atoms with Gasteiger partial charge in [0.15, 0.2) is 0 Å². The van der Waals surface area contributed by atoms with Crippen LogP contribution in [0.2, 0.25) is 5.15 Å². The van der Waals surface area contributed by atoms with Crippen LogP contribution in [0.15, 0.2) is 4.47 Å². The molecule has 0 amide bonds. The fourth-order valence-corrected chi connectivity index (χ4v) is 3.96. The summed E-state index contributed by atoms with van der Waals surface area (Å²) in [6, 6.07) is 0. The summed E-state index contributed by atoms with van der Waals surface area (Å²) >= 11 is 9.78. The minimum Gasteiger partial charge on any atom is -0.374 e. The van der Waals surface area contributed by atoms with Crippen LogP contribution in [0.3, 0.4) is 0 Å². The van der Waals surface area contributed by atoms with Gasteiger partial charge >= 0.3 is 0 Å². The molecule has 0 aliphatic carbocycles. The second-order valence-corrected chi connectivity index (χ2v) is 7.65. The van der Waals surface area contributed by atoms with E-state index in [1.807, 2.05) is 0 Å². The molecular formula is C14H18BrClN2O. The van der Waals surface area contributed by atoms with Crippen molar-refractivity contribution in [2.45, 2.75) is 63.6 Å². The van der Waals surface area contributed by atoms with Gasteiger partial charge in [0.25, 0.3) is 0 Å². The summed E-state index contributed by atoms with van der Waals surface area (Å²) in [4.78, 5) is 9.26. The zero-order valence-electron chi connectivity index (χ0n) is 11.4. The summed E-state index contributed by atoms with van der Waals surface area (Å²) < 4.78 is 6.71. The number of rotatable bonds is 1. The Balaban J connectivity index is 2.01. The minimum absolute atomic E-state index is 0.0569. The quantitative estimate of drug-likeness (QED) is 0.715. The topological polar surface area (TPSA) is 35.0 Å². The molecule has 1 aromatic heterocycles. The molecule has 3 rings (SSSR count). The lowest BCUT2D eigenvalue weighted by molar-refractivity contribution is 0.0998. The molecule has 5 heteroatoms. The Kier molecular flexibility index (Phi) is 3.39. The first-order chi connectivity index (χ1) is 8.86. The highest BCUT2D eigenvalue weighted by Gasteiger charge is 2.43. The molecule has 3 heterocycles. The van der Waals surface area contributed by atoms with Crippen molar-refractivity contribution in [1.29, 1.82) is 0 Å². The van der Waals surface area contributed by atoms with Gasteiger partial charge in [0.1, 0.15) is 11.0 Å². The van der Waals surface area contributed by atoms with Gasteiger partial charge in [-0.15, -0.1) is 0 Å². The normalized spacial score (nSPS) is 30.1. The summed E-state index contributed by atoms with van der Waals surface area (Å²) in [7, 11) is 0. The Morgan fingerprint density at radius 1 is 1.26 bits per heavy atom. The van der Waals surface area contributed by atoms with Gasteiger partial charge in [-0.2, -0.15) is 0 Å². The molecule has 2 saturated heterocycles. The monoisotopic (exact) mass is 344 g/mol. The Labute approximate surface area is 127 Å². The molecule has 0 radical (unpaired) electrons. The van der Waals surface area contributed by atoms with Gasteiger partial charge < -0.3 is 4.74 Å². The van der Waals surface area contributed by atoms with Gasteiger partial charge in [0.05, 0.1) is 22.4 Å². The van der Waals surface area contributed by atoms with Gasteiger partial charge in [0.2, 0.25) is 0 Å². The molecule has 0 N–H and O–H groups in total. The van der Waals surface area contributed by atoms with Crippen molar-refractivity contribution < 1.29 is 4.74 Å². The third kappa shape index (κ3) is 2.43. The zero-order valence-corrected chi connectivity index (χ0v) is 13.8. The number of halogens is 2. The SMILES string of the molecule is CC(C)(C)c1nc(C2CC3CCC2O3)nc(Cl)c1Br. The lowest BCUT2D eigenvalue weighted by Gasteiger charge is -2.23. The van der Waals surface area contributed by atoms with Crippen LogP contribution in [0.5, 0.6) is 0 Å². The van der Waals surface area contributed by atoms with E-state index in [9.17, 15) is 0 Å². The van der Waals surface area contributed by atoms with E-state index in [1.165, 1.54) is 6.42 Å². The van der Waals surface area contributed by atoms with E-state index >= 15 is 0 Å². The van der Waals surface area contributed by atoms with Gasteiger partial charge in [-0.3, -0.25) is 0 Å². The molecule has 3 unspecified atom stereocenters. The number of aromatic nitrogens is 2. The first kappa shape index (κ1) is 13.8. The predicted octanol–water partition coefficient (Wildman–Crippen LogP) is 4.22. The predicted molar refractivity (Wildman–Crippen MR) is 78.7 cm³/mol. The maximum Gasteiger partial charge on any atom is 0.147 e. The lowest BCUT2D eigenvalue weighted by atomic mass is 9.87. The van der Waals surface area contributed by atoms with Gasteiger partial charge in [-0.05, 0) is 35.2 Å². The van der Waals surface area contributed by atoms with E-state index < -0.39 is 0 Å². The van der Waals surface area contributed by atoms with E-state index in [-0.39, 0.29) is 11.5 Å². The summed E-state index contributed by atoms with van der Waals surface area (Å²) in [5.41, 5.74) is 0.920. The highest BCUT2D eigenvalue weighted by molar-refractivity contribution is 9.10. The van der Waals surface area contributed by atoms with E-state index in [2.05, 4.69) is 41.7 Å². The molecular weight excluding hydrogens is 328 g/mol. The van der Waals surface area contributed by atoms with Crippen molar-refractivity contribution in [3.63, 3.8) is 0 Å². The third-order valence-electron chi connectivity index (χ3n) is 3.98. The van der Waals surface area contributed by atoms with Gasteiger partial charge in [0, 0.05) is 11.3 Å². The maximum absolute atomic E-state index is 6.27. The highest BCUT2D eigenvalue weighted by Crippen LogP contribution is 2.44. The van der Waals surface area contributed by atoms with Crippen molar-refractivity contribution in [2.75, 3.05) is 0 Å². The molecule has 3 atom stereocenters. The van der Waals surface area contributed by atoms with Crippen LogP contribution in [-0.2, 0) is 10.2 Å². The van der Waals surface area contributed by atoms with Crippen molar-refractivity contribution in [1.82, 2.24) is 9.97 Å². The second kappa shape index (κ2) is 4.68. The van der Waals surface area contributed by atoms with Crippen LogP contribution in [-0.4, -0.2) is 22.2 Å². The van der Waals surface area contributed by atoms with Crippen LogP contribution >= 0.6 is 27.5 Å². The molecule has 104 valence electrons. The first-order valence-electron chi connectivity index (χ1n) is 6.75. The molecule has 2 aliphatic heterocycles. The second-order valence-electron chi connectivity index (χ2n) is 6.50. The average Bonchev–Trinajstić information content (AvgIpc) is 2.92. The van der Waals surface area contributed by atoms with E-state index in [0.717, 1.165) is 28.8 Å². The number of hydrogen-bond donors (Lipinski definition) is 0. The molecule has 2 fully saturated rings. The van der Waals surface area contributed by atoms with Crippen LogP contribution in [0, 0.1) is 0 Å². The Morgan fingerprint density at radius 3 is 2.53 bits per heavy atom. The van der Waals surface area contributed by atoms with E-state index in [4.69, 9.17) is 21.3 Å². The molecule has 2 aliphatic rings. The maximum atomic E-state index is 6.27. The molecule has 0 aromatic carbocycles. The third-order valence-corrected chi connectivity index (χ3v) is 5.23. The lowest BCUT2D eigenvalue weighted by Crippen LogP contribution is -2.22. The van der Waals surface area contributed by atoms with Gasteiger partial charge in [-0.1, -0.05) is 32.4 Å². The largest absolute Gasteiger partial charge is 0.374 e. The average molecular weight is 346 g/mol. The number of ether oxygens (including phenoxy) is 1. The summed E-state index contributed by atoms with van der Waals surface area (Å²) in [6.07, 6.45) is 4.02. The van der Waals surface area contributed by atoms with Gasteiger partial charge in [-0.25, -0.2) is 9.97 Å². The fraction of sp³-hybridized carbons (Fsp3) is 0.714. The van der Waals surface area contributed by atoms with Crippen LogP contribution in [0.1, 0.15) is 57.5 Å². The van der Waals surface area contributed by atoms with Crippen LogP contribution in [0.25, 0.3) is 0 Å². The van der Waals surface area contributed by atoms with Crippen molar-refractivity contribution >= 4 is 27.5 Å². The number of fused-ring (bicyclic) bond motifs is 2. The van der Waals surface area contributed by atoms with Crippen LogP contribution in [0.4, 0.5) is 0 Å². The summed E-state index contributed by atoms with van der Waals surface area (Å²) in [5, 5.41) is 0.512. The summed E-state index contributed by atoms with van der Waals surface area (Å²) in [6.45, 7) is 6.41. The highest BCUT2D eigenvalue weighted by atomic mass is 79.9.